The van der Waals surface area contributed by atoms with Crippen molar-refractivity contribution in [3.8, 4) is 0 Å². The number of thioether (sulfide) groups is 1. The highest BCUT2D eigenvalue weighted by molar-refractivity contribution is 7.99. The minimum atomic E-state index is 0.128. The average Bonchev–Trinajstić information content (AvgIpc) is 2.62. The lowest BCUT2D eigenvalue weighted by Crippen LogP contribution is -2.35. The predicted molar refractivity (Wildman–Crippen MR) is 84.2 cm³/mol. The van der Waals surface area contributed by atoms with Gasteiger partial charge in [0.25, 0.3) is 0 Å². The first-order chi connectivity index (χ1) is 9.37. The summed E-state index contributed by atoms with van der Waals surface area (Å²) < 4.78 is 7.48. The van der Waals surface area contributed by atoms with Crippen LogP contribution < -0.4 is 5.32 Å². The van der Waals surface area contributed by atoms with E-state index in [0.717, 1.165) is 38.3 Å². The molecule has 1 aliphatic heterocycles. The van der Waals surface area contributed by atoms with Gasteiger partial charge in [-0.1, -0.05) is 0 Å². The van der Waals surface area contributed by atoms with Crippen molar-refractivity contribution in [3.05, 3.63) is 11.3 Å². The Hall–Kier alpha value is -0.520. The Morgan fingerprint density at radius 3 is 2.60 bits per heavy atom. The Labute approximate surface area is 126 Å². The summed E-state index contributed by atoms with van der Waals surface area (Å²) in [4.78, 5) is 0. The van der Waals surface area contributed by atoms with E-state index in [1.54, 1.807) is 0 Å². The van der Waals surface area contributed by atoms with E-state index in [0.29, 0.717) is 5.25 Å². The van der Waals surface area contributed by atoms with Gasteiger partial charge >= 0.3 is 0 Å². The van der Waals surface area contributed by atoms with E-state index in [-0.39, 0.29) is 5.54 Å². The van der Waals surface area contributed by atoms with Crippen LogP contribution in [0.25, 0.3) is 0 Å². The summed E-state index contributed by atoms with van der Waals surface area (Å²) in [7, 11) is 2.05. The number of aryl methyl sites for hydroxylation is 2. The van der Waals surface area contributed by atoms with Crippen molar-refractivity contribution in [2.75, 3.05) is 13.2 Å². The van der Waals surface area contributed by atoms with Crippen LogP contribution in [0.15, 0.2) is 5.03 Å². The maximum atomic E-state index is 5.45. The van der Waals surface area contributed by atoms with Crippen molar-refractivity contribution in [3.63, 3.8) is 0 Å². The third-order valence-corrected chi connectivity index (χ3v) is 5.07. The van der Waals surface area contributed by atoms with Gasteiger partial charge in [-0.15, -0.1) is 11.8 Å². The second-order valence-electron chi connectivity index (χ2n) is 6.53. The van der Waals surface area contributed by atoms with Crippen LogP contribution in [0.5, 0.6) is 0 Å². The SMILES string of the molecule is Cc1nn(C)c(SC2CCOCC2)c1CNC(C)(C)C. The molecule has 1 N–H and O–H groups in total. The molecule has 4 nitrogen and oxygen atoms in total. The summed E-state index contributed by atoms with van der Waals surface area (Å²) in [5.74, 6) is 0. The number of aromatic nitrogens is 2. The van der Waals surface area contributed by atoms with E-state index in [1.807, 2.05) is 16.4 Å². The van der Waals surface area contributed by atoms with Crippen LogP contribution in [0.4, 0.5) is 0 Å². The molecule has 2 rings (SSSR count). The molecule has 1 saturated heterocycles. The van der Waals surface area contributed by atoms with E-state index >= 15 is 0 Å². The van der Waals surface area contributed by atoms with E-state index in [4.69, 9.17) is 4.74 Å². The first-order valence-electron chi connectivity index (χ1n) is 7.39. The monoisotopic (exact) mass is 297 g/mol. The Morgan fingerprint density at radius 1 is 1.35 bits per heavy atom. The van der Waals surface area contributed by atoms with Gasteiger partial charge in [0.1, 0.15) is 0 Å². The maximum Gasteiger partial charge on any atom is 0.0987 e. The fraction of sp³-hybridized carbons (Fsp3) is 0.800. The summed E-state index contributed by atoms with van der Waals surface area (Å²) in [5.41, 5.74) is 2.61. The molecule has 0 amide bonds. The van der Waals surface area contributed by atoms with E-state index in [2.05, 4.69) is 45.2 Å². The quantitative estimate of drug-likeness (QED) is 0.927. The molecule has 0 saturated carbocycles. The highest BCUT2D eigenvalue weighted by Crippen LogP contribution is 2.33. The number of hydrogen-bond donors (Lipinski definition) is 1. The highest BCUT2D eigenvalue weighted by Gasteiger charge is 2.21. The maximum absolute atomic E-state index is 5.45. The average molecular weight is 297 g/mol. The molecule has 5 heteroatoms. The van der Waals surface area contributed by atoms with Crippen molar-refractivity contribution in [2.24, 2.45) is 7.05 Å². The molecule has 0 atom stereocenters. The van der Waals surface area contributed by atoms with Gasteiger partial charge in [-0.3, -0.25) is 4.68 Å². The topological polar surface area (TPSA) is 39.1 Å². The van der Waals surface area contributed by atoms with E-state index < -0.39 is 0 Å². The van der Waals surface area contributed by atoms with Crippen molar-refractivity contribution in [1.82, 2.24) is 15.1 Å². The van der Waals surface area contributed by atoms with Gasteiger partial charge < -0.3 is 10.1 Å². The van der Waals surface area contributed by atoms with Crippen LogP contribution in [-0.4, -0.2) is 33.8 Å². The smallest absolute Gasteiger partial charge is 0.0987 e. The van der Waals surface area contributed by atoms with E-state index in [9.17, 15) is 0 Å². The molecule has 114 valence electrons. The van der Waals surface area contributed by atoms with Crippen LogP contribution in [0.3, 0.4) is 0 Å². The molecule has 1 aliphatic rings. The Morgan fingerprint density at radius 2 is 2.00 bits per heavy atom. The fourth-order valence-electron chi connectivity index (χ4n) is 2.34. The molecule has 0 spiro atoms. The Bertz CT molecular complexity index is 445. The summed E-state index contributed by atoms with van der Waals surface area (Å²) in [6, 6.07) is 0. The number of hydrogen-bond acceptors (Lipinski definition) is 4. The van der Waals surface area contributed by atoms with Crippen molar-refractivity contribution >= 4 is 11.8 Å². The summed E-state index contributed by atoms with van der Waals surface area (Å²) >= 11 is 1.97. The number of nitrogens with zero attached hydrogens (tertiary/aromatic N) is 2. The molecule has 1 fully saturated rings. The van der Waals surface area contributed by atoms with Crippen LogP contribution in [-0.2, 0) is 18.3 Å². The van der Waals surface area contributed by atoms with Crippen LogP contribution >= 0.6 is 11.8 Å². The zero-order chi connectivity index (χ0) is 14.8. The lowest BCUT2D eigenvalue weighted by Gasteiger charge is -2.23. The van der Waals surface area contributed by atoms with Gasteiger partial charge in [-0.25, -0.2) is 0 Å². The summed E-state index contributed by atoms with van der Waals surface area (Å²) in [6.45, 7) is 11.4. The fourth-order valence-corrected chi connectivity index (χ4v) is 3.64. The summed E-state index contributed by atoms with van der Waals surface area (Å²) in [6.07, 6.45) is 2.28. The van der Waals surface area contributed by atoms with Gasteiger partial charge in [-0.05, 0) is 40.5 Å². The second kappa shape index (κ2) is 6.50. The van der Waals surface area contributed by atoms with Crippen molar-refractivity contribution in [1.29, 1.82) is 0 Å². The molecule has 0 aromatic carbocycles. The Kier molecular flexibility index (Phi) is 5.15. The number of rotatable bonds is 4. The molecule has 20 heavy (non-hydrogen) atoms. The third-order valence-electron chi connectivity index (χ3n) is 3.53. The van der Waals surface area contributed by atoms with Crippen molar-refractivity contribution < 1.29 is 4.74 Å². The minimum absolute atomic E-state index is 0.128. The minimum Gasteiger partial charge on any atom is -0.381 e. The Balaban J connectivity index is 2.10. The molecule has 0 radical (unpaired) electrons. The van der Waals surface area contributed by atoms with Gasteiger partial charge in [0.05, 0.1) is 10.7 Å². The lowest BCUT2D eigenvalue weighted by atomic mass is 10.1. The molecule has 1 aromatic rings. The van der Waals surface area contributed by atoms with Gasteiger partial charge in [0, 0.05) is 43.2 Å². The third kappa shape index (κ3) is 4.24. The first-order valence-corrected chi connectivity index (χ1v) is 8.26. The molecular weight excluding hydrogens is 270 g/mol. The standard InChI is InChI=1S/C15H27N3OS/c1-11-13(10-16-15(2,3)4)14(18(5)17-11)20-12-6-8-19-9-7-12/h12,16H,6-10H2,1-5H3. The molecule has 2 heterocycles. The van der Waals surface area contributed by atoms with E-state index in [1.165, 1.54) is 10.6 Å². The van der Waals surface area contributed by atoms with Crippen LogP contribution in [0.2, 0.25) is 0 Å². The summed E-state index contributed by atoms with van der Waals surface area (Å²) in [5, 5.41) is 10.2. The molecular formula is C15H27N3OS. The number of ether oxygens (including phenoxy) is 1. The lowest BCUT2D eigenvalue weighted by molar-refractivity contribution is 0.1000. The first kappa shape index (κ1) is 15.9. The van der Waals surface area contributed by atoms with Gasteiger partial charge in [0.2, 0.25) is 0 Å². The molecule has 0 unspecified atom stereocenters. The normalized spacial score (nSPS) is 17.6. The van der Waals surface area contributed by atoms with Gasteiger partial charge in [0.15, 0.2) is 0 Å². The highest BCUT2D eigenvalue weighted by atomic mass is 32.2. The molecule has 0 bridgehead atoms. The zero-order valence-corrected chi connectivity index (χ0v) is 14.1. The molecule has 1 aromatic heterocycles. The van der Waals surface area contributed by atoms with Crippen LogP contribution in [0, 0.1) is 6.92 Å². The van der Waals surface area contributed by atoms with Gasteiger partial charge in [-0.2, -0.15) is 5.10 Å². The zero-order valence-electron chi connectivity index (χ0n) is 13.3. The van der Waals surface area contributed by atoms with Crippen molar-refractivity contribution in [2.45, 2.75) is 62.9 Å². The number of nitrogens with one attached hydrogen (secondary N) is 1. The second-order valence-corrected chi connectivity index (χ2v) is 7.81. The molecule has 0 aliphatic carbocycles. The largest absolute Gasteiger partial charge is 0.381 e. The predicted octanol–water partition coefficient (Wildman–Crippen LogP) is 2.89. The van der Waals surface area contributed by atoms with Crippen LogP contribution in [0.1, 0.15) is 44.9 Å².